The van der Waals surface area contributed by atoms with Crippen molar-refractivity contribution in [1.82, 2.24) is 0 Å². The minimum atomic E-state index is -0.396. The van der Waals surface area contributed by atoms with Crippen molar-refractivity contribution < 1.29 is 23.1 Å². The lowest BCUT2D eigenvalue weighted by Crippen LogP contribution is -2.07. The number of benzene rings is 2. The Kier molecular flexibility index (Phi) is 4.28. The standard InChI is InChI=1S/C18H15FO4/c1-21-15-5-6-16-13(11-22-17(16)9-15)8-18(20)23-10-12-3-2-4-14(19)7-12/h2-7,9,11H,8,10H2,1H3. The number of rotatable bonds is 5. The smallest absolute Gasteiger partial charge is 0.310 e. The minimum absolute atomic E-state index is 0.0419. The summed E-state index contributed by atoms with van der Waals surface area (Å²) in [6.07, 6.45) is 1.63. The van der Waals surface area contributed by atoms with Crippen LogP contribution in [0, 0.1) is 5.82 Å². The quantitative estimate of drug-likeness (QED) is 0.671. The molecule has 0 spiro atoms. The van der Waals surface area contributed by atoms with E-state index in [1.807, 2.05) is 6.07 Å². The largest absolute Gasteiger partial charge is 0.497 e. The van der Waals surface area contributed by atoms with Gasteiger partial charge in [-0.05, 0) is 29.8 Å². The monoisotopic (exact) mass is 314 g/mol. The number of fused-ring (bicyclic) bond motifs is 1. The molecule has 0 aliphatic heterocycles. The van der Waals surface area contributed by atoms with Crippen LogP contribution in [0.25, 0.3) is 11.0 Å². The van der Waals surface area contributed by atoms with E-state index in [0.29, 0.717) is 16.9 Å². The van der Waals surface area contributed by atoms with Crippen molar-refractivity contribution in [3.8, 4) is 5.75 Å². The second-order valence-electron chi connectivity index (χ2n) is 5.09. The van der Waals surface area contributed by atoms with Crippen molar-refractivity contribution in [2.45, 2.75) is 13.0 Å². The molecular formula is C18H15FO4. The van der Waals surface area contributed by atoms with Gasteiger partial charge in [0.25, 0.3) is 0 Å². The molecule has 0 saturated carbocycles. The van der Waals surface area contributed by atoms with Crippen LogP contribution in [0.15, 0.2) is 53.1 Å². The fraction of sp³-hybridized carbons (Fsp3) is 0.167. The first-order valence-corrected chi connectivity index (χ1v) is 7.10. The molecule has 2 aromatic carbocycles. The molecule has 0 amide bonds. The third-order valence-electron chi connectivity index (χ3n) is 3.49. The fourth-order valence-electron chi connectivity index (χ4n) is 2.32. The molecule has 23 heavy (non-hydrogen) atoms. The molecule has 0 aliphatic carbocycles. The summed E-state index contributed by atoms with van der Waals surface area (Å²) >= 11 is 0. The fourth-order valence-corrected chi connectivity index (χ4v) is 2.32. The normalized spacial score (nSPS) is 10.7. The van der Waals surface area contributed by atoms with Crippen LogP contribution < -0.4 is 4.74 Å². The third kappa shape index (κ3) is 3.51. The van der Waals surface area contributed by atoms with Crippen molar-refractivity contribution in [2.24, 2.45) is 0 Å². The lowest BCUT2D eigenvalue weighted by Gasteiger charge is -2.04. The van der Waals surface area contributed by atoms with Gasteiger partial charge < -0.3 is 13.9 Å². The van der Waals surface area contributed by atoms with E-state index in [1.54, 1.807) is 31.4 Å². The number of hydrogen-bond donors (Lipinski definition) is 0. The number of halogens is 1. The molecule has 0 N–H and O–H groups in total. The average Bonchev–Trinajstić information content (AvgIpc) is 2.95. The van der Waals surface area contributed by atoms with Crippen LogP contribution in [0.3, 0.4) is 0 Å². The predicted octanol–water partition coefficient (Wildman–Crippen LogP) is 3.87. The SMILES string of the molecule is COc1ccc2c(CC(=O)OCc3cccc(F)c3)coc2c1. The number of carbonyl (C=O) groups is 1. The van der Waals surface area contributed by atoms with Crippen LogP contribution in [-0.2, 0) is 22.6 Å². The Morgan fingerprint density at radius 3 is 2.87 bits per heavy atom. The van der Waals surface area contributed by atoms with Crippen molar-refractivity contribution in [2.75, 3.05) is 7.11 Å². The molecule has 0 unspecified atom stereocenters. The molecule has 1 aromatic heterocycles. The predicted molar refractivity (Wildman–Crippen MR) is 82.7 cm³/mol. The maximum atomic E-state index is 13.1. The Labute approximate surface area is 132 Å². The summed E-state index contributed by atoms with van der Waals surface area (Å²) in [6, 6.07) is 11.4. The zero-order valence-corrected chi connectivity index (χ0v) is 12.5. The molecule has 1 heterocycles. The number of esters is 1. The van der Waals surface area contributed by atoms with Crippen LogP contribution in [0.2, 0.25) is 0 Å². The molecule has 3 aromatic rings. The molecule has 5 heteroatoms. The summed E-state index contributed by atoms with van der Waals surface area (Å²) in [5.41, 5.74) is 2.00. The highest BCUT2D eigenvalue weighted by atomic mass is 19.1. The summed E-state index contributed by atoms with van der Waals surface area (Å²) in [5, 5.41) is 0.841. The van der Waals surface area contributed by atoms with Crippen molar-refractivity contribution in [3.63, 3.8) is 0 Å². The molecule has 3 rings (SSSR count). The van der Waals surface area contributed by atoms with E-state index in [-0.39, 0.29) is 18.8 Å². The first-order chi connectivity index (χ1) is 11.2. The van der Waals surface area contributed by atoms with E-state index in [2.05, 4.69) is 0 Å². The van der Waals surface area contributed by atoms with Crippen LogP contribution in [-0.4, -0.2) is 13.1 Å². The Balaban J connectivity index is 1.66. The number of methoxy groups -OCH3 is 1. The number of carbonyl (C=O) groups excluding carboxylic acids is 1. The van der Waals surface area contributed by atoms with Gasteiger partial charge in [0.2, 0.25) is 0 Å². The van der Waals surface area contributed by atoms with E-state index in [4.69, 9.17) is 13.9 Å². The highest BCUT2D eigenvalue weighted by Crippen LogP contribution is 2.26. The number of ether oxygens (including phenoxy) is 2. The second kappa shape index (κ2) is 6.52. The third-order valence-corrected chi connectivity index (χ3v) is 3.49. The Bertz CT molecular complexity index is 838. The molecule has 0 bridgehead atoms. The van der Waals surface area contributed by atoms with Gasteiger partial charge in [0.15, 0.2) is 0 Å². The summed E-state index contributed by atoms with van der Waals surface area (Å²) in [4.78, 5) is 12.0. The van der Waals surface area contributed by atoms with Crippen LogP contribution in [0.5, 0.6) is 5.75 Å². The van der Waals surface area contributed by atoms with E-state index in [0.717, 1.165) is 10.9 Å². The summed E-state index contributed by atoms with van der Waals surface area (Å²) < 4.78 is 28.8. The Hall–Kier alpha value is -2.82. The first kappa shape index (κ1) is 15.1. The molecule has 0 saturated heterocycles. The summed E-state index contributed by atoms with van der Waals surface area (Å²) in [5.74, 6) is -0.0619. The number of hydrogen-bond acceptors (Lipinski definition) is 4. The first-order valence-electron chi connectivity index (χ1n) is 7.10. The van der Waals surface area contributed by atoms with E-state index >= 15 is 0 Å². The highest BCUT2D eigenvalue weighted by molar-refractivity contribution is 5.86. The molecular weight excluding hydrogens is 299 g/mol. The molecule has 0 aliphatic rings. The molecule has 0 radical (unpaired) electrons. The van der Waals surface area contributed by atoms with Gasteiger partial charge in [0.1, 0.15) is 23.8 Å². The van der Waals surface area contributed by atoms with Crippen LogP contribution >= 0.6 is 0 Å². The summed E-state index contributed by atoms with van der Waals surface area (Å²) in [6.45, 7) is 0.0419. The van der Waals surface area contributed by atoms with Crippen molar-refractivity contribution in [1.29, 1.82) is 0 Å². The Morgan fingerprint density at radius 1 is 1.22 bits per heavy atom. The van der Waals surface area contributed by atoms with E-state index in [9.17, 15) is 9.18 Å². The molecule has 0 fully saturated rings. The maximum Gasteiger partial charge on any atom is 0.310 e. The highest BCUT2D eigenvalue weighted by Gasteiger charge is 2.12. The van der Waals surface area contributed by atoms with Gasteiger partial charge in [-0.15, -0.1) is 0 Å². The zero-order valence-electron chi connectivity index (χ0n) is 12.5. The summed E-state index contributed by atoms with van der Waals surface area (Å²) in [7, 11) is 1.58. The van der Waals surface area contributed by atoms with E-state index < -0.39 is 5.97 Å². The van der Waals surface area contributed by atoms with Gasteiger partial charge in [-0.3, -0.25) is 4.79 Å². The van der Waals surface area contributed by atoms with Gasteiger partial charge in [-0.1, -0.05) is 12.1 Å². The number of furan rings is 1. The second-order valence-corrected chi connectivity index (χ2v) is 5.09. The topological polar surface area (TPSA) is 48.7 Å². The maximum absolute atomic E-state index is 13.1. The van der Waals surface area contributed by atoms with Gasteiger partial charge in [-0.25, -0.2) is 4.39 Å². The average molecular weight is 314 g/mol. The van der Waals surface area contributed by atoms with Gasteiger partial charge in [0, 0.05) is 17.0 Å². The van der Waals surface area contributed by atoms with Gasteiger partial charge >= 0.3 is 5.97 Å². The lowest BCUT2D eigenvalue weighted by atomic mass is 10.1. The van der Waals surface area contributed by atoms with Crippen LogP contribution in [0.1, 0.15) is 11.1 Å². The van der Waals surface area contributed by atoms with Gasteiger partial charge in [-0.2, -0.15) is 0 Å². The molecule has 118 valence electrons. The van der Waals surface area contributed by atoms with Gasteiger partial charge in [0.05, 0.1) is 19.8 Å². The molecule has 4 nitrogen and oxygen atoms in total. The zero-order chi connectivity index (χ0) is 16.2. The van der Waals surface area contributed by atoms with Crippen LogP contribution in [0.4, 0.5) is 4.39 Å². The Morgan fingerprint density at radius 2 is 2.09 bits per heavy atom. The van der Waals surface area contributed by atoms with Crippen molar-refractivity contribution >= 4 is 16.9 Å². The van der Waals surface area contributed by atoms with Crippen molar-refractivity contribution in [3.05, 3.63) is 65.7 Å². The lowest BCUT2D eigenvalue weighted by molar-refractivity contribution is -0.144. The molecule has 0 atom stereocenters. The minimum Gasteiger partial charge on any atom is -0.497 e. The van der Waals surface area contributed by atoms with E-state index in [1.165, 1.54) is 18.4 Å².